The van der Waals surface area contributed by atoms with Gasteiger partial charge in [-0.3, -0.25) is 4.79 Å². The van der Waals surface area contributed by atoms with Gasteiger partial charge in [-0.25, -0.2) is 4.98 Å². The first-order chi connectivity index (χ1) is 9.20. The van der Waals surface area contributed by atoms with Gasteiger partial charge in [0.15, 0.2) is 12.1 Å². The van der Waals surface area contributed by atoms with Crippen LogP contribution < -0.4 is 0 Å². The van der Waals surface area contributed by atoms with E-state index in [1.54, 1.807) is 6.92 Å². The molecular weight excluding hydrogens is 248 g/mol. The third-order valence-corrected chi connectivity index (χ3v) is 4.10. The first kappa shape index (κ1) is 12.6. The van der Waals surface area contributed by atoms with Crippen LogP contribution in [0.25, 0.3) is 0 Å². The number of carbonyl (C=O) groups is 1. The summed E-state index contributed by atoms with van der Waals surface area (Å²) in [5.41, 5.74) is 0.382. The Kier molecular flexibility index (Phi) is 3.28. The highest BCUT2D eigenvalue weighted by Gasteiger charge is 2.43. The van der Waals surface area contributed by atoms with E-state index in [0.29, 0.717) is 24.6 Å². The maximum atomic E-state index is 12.5. The zero-order valence-corrected chi connectivity index (χ0v) is 10.9. The summed E-state index contributed by atoms with van der Waals surface area (Å²) in [6, 6.07) is 0.0505. The molecule has 0 radical (unpaired) electrons. The number of oxazole rings is 1. The Hall–Kier alpha value is -1.40. The fourth-order valence-electron chi connectivity index (χ4n) is 3.10. The highest BCUT2D eigenvalue weighted by Crippen LogP contribution is 2.34. The molecule has 1 aromatic heterocycles. The molecule has 0 spiro atoms. The Bertz CT molecular complexity index is 473. The van der Waals surface area contributed by atoms with Gasteiger partial charge < -0.3 is 19.2 Å². The van der Waals surface area contributed by atoms with Gasteiger partial charge in [0.1, 0.15) is 5.76 Å². The van der Waals surface area contributed by atoms with Crippen molar-refractivity contribution in [3.05, 3.63) is 17.8 Å². The number of morpholine rings is 1. The first-order valence-electron chi connectivity index (χ1n) is 6.64. The zero-order chi connectivity index (χ0) is 13.4. The predicted octanol–water partition coefficient (Wildman–Crippen LogP) is 0.595. The summed E-state index contributed by atoms with van der Waals surface area (Å²) in [4.78, 5) is 18.3. The molecule has 1 saturated carbocycles. The monoisotopic (exact) mass is 266 g/mol. The topological polar surface area (TPSA) is 75.8 Å². The number of nitrogens with zero attached hydrogens (tertiary/aromatic N) is 2. The number of aryl methyl sites for hydroxylation is 1. The van der Waals surface area contributed by atoms with Crippen LogP contribution in [0.5, 0.6) is 0 Å². The Labute approximate surface area is 111 Å². The highest BCUT2D eigenvalue weighted by molar-refractivity contribution is 5.93. The second-order valence-corrected chi connectivity index (χ2v) is 5.25. The molecule has 0 bridgehead atoms. The van der Waals surface area contributed by atoms with Gasteiger partial charge in [0.2, 0.25) is 0 Å². The average molecular weight is 266 g/mol. The number of carbonyl (C=O) groups excluding carboxylic acids is 1. The molecule has 19 heavy (non-hydrogen) atoms. The molecule has 6 nitrogen and oxygen atoms in total. The average Bonchev–Trinajstić information content (AvgIpc) is 3.02. The summed E-state index contributed by atoms with van der Waals surface area (Å²) in [5, 5.41) is 9.28. The van der Waals surface area contributed by atoms with Crippen LogP contribution in [0, 0.1) is 12.8 Å². The minimum absolute atomic E-state index is 0.0436. The molecule has 104 valence electrons. The standard InChI is InChI=1S/C13H18N2O4/c1-8-12(14-7-19-8)13(17)15-2-3-18-11-5-9(6-16)4-10(11)15/h7,9-11,16H,2-6H2,1H3/t9-,10+,11+/m1/s1. The molecule has 1 N–H and O–H groups in total. The molecule has 3 atom stereocenters. The van der Waals surface area contributed by atoms with Gasteiger partial charge in [-0.1, -0.05) is 0 Å². The SMILES string of the molecule is Cc1ocnc1C(=O)N1CCO[C@H]2C[C@H](CO)C[C@@H]21. The van der Waals surface area contributed by atoms with Crippen LogP contribution in [-0.2, 0) is 4.74 Å². The molecule has 1 aliphatic carbocycles. The summed E-state index contributed by atoms with van der Waals surface area (Å²) in [7, 11) is 0. The Morgan fingerprint density at radius 1 is 1.58 bits per heavy atom. The van der Waals surface area contributed by atoms with E-state index in [2.05, 4.69) is 4.98 Å². The van der Waals surface area contributed by atoms with Crippen molar-refractivity contribution in [2.45, 2.75) is 31.9 Å². The number of ether oxygens (including phenoxy) is 1. The van der Waals surface area contributed by atoms with E-state index in [1.165, 1.54) is 6.39 Å². The Morgan fingerprint density at radius 2 is 2.42 bits per heavy atom. The fraction of sp³-hybridized carbons (Fsp3) is 0.692. The van der Waals surface area contributed by atoms with Crippen molar-refractivity contribution in [1.82, 2.24) is 9.88 Å². The lowest BCUT2D eigenvalue weighted by molar-refractivity contribution is -0.0451. The largest absolute Gasteiger partial charge is 0.448 e. The lowest BCUT2D eigenvalue weighted by atomic mass is 10.1. The Balaban J connectivity index is 1.80. The second-order valence-electron chi connectivity index (χ2n) is 5.25. The summed E-state index contributed by atoms with van der Waals surface area (Å²) in [5.74, 6) is 0.676. The van der Waals surface area contributed by atoms with Gasteiger partial charge in [-0.2, -0.15) is 0 Å². The lowest BCUT2D eigenvalue weighted by Gasteiger charge is -2.37. The number of aliphatic hydroxyl groups excluding tert-OH is 1. The fourth-order valence-corrected chi connectivity index (χ4v) is 3.10. The van der Waals surface area contributed by atoms with Gasteiger partial charge >= 0.3 is 0 Å². The minimum atomic E-state index is -0.0943. The molecule has 0 unspecified atom stereocenters. The number of rotatable bonds is 2. The second kappa shape index (κ2) is 4.94. The molecule has 6 heteroatoms. The molecule has 1 amide bonds. The number of hydrogen-bond acceptors (Lipinski definition) is 5. The molecule has 2 aliphatic rings. The van der Waals surface area contributed by atoms with Crippen LogP contribution in [0.2, 0.25) is 0 Å². The van der Waals surface area contributed by atoms with E-state index in [-0.39, 0.29) is 30.6 Å². The quantitative estimate of drug-likeness (QED) is 0.848. The van der Waals surface area contributed by atoms with Gasteiger partial charge in [-0.05, 0) is 25.7 Å². The van der Waals surface area contributed by atoms with Crippen molar-refractivity contribution >= 4 is 5.91 Å². The van der Waals surface area contributed by atoms with E-state index < -0.39 is 0 Å². The van der Waals surface area contributed by atoms with Gasteiger partial charge in [0, 0.05) is 13.2 Å². The first-order valence-corrected chi connectivity index (χ1v) is 6.64. The zero-order valence-electron chi connectivity index (χ0n) is 10.9. The van der Waals surface area contributed by atoms with Crippen molar-refractivity contribution in [2.75, 3.05) is 19.8 Å². The van der Waals surface area contributed by atoms with Crippen LogP contribution in [0.4, 0.5) is 0 Å². The van der Waals surface area contributed by atoms with Crippen LogP contribution >= 0.6 is 0 Å². The van der Waals surface area contributed by atoms with Crippen molar-refractivity contribution in [2.24, 2.45) is 5.92 Å². The summed E-state index contributed by atoms with van der Waals surface area (Å²) in [6.07, 6.45) is 2.96. The van der Waals surface area contributed by atoms with Crippen LogP contribution in [0.3, 0.4) is 0 Å². The highest BCUT2D eigenvalue weighted by atomic mass is 16.5. The summed E-state index contributed by atoms with van der Waals surface area (Å²) in [6.45, 7) is 3.01. The molecule has 1 aliphatic heterocycles. The van der Waals surface area contributed by atoms with E-state index in [4.69, 9.17) is 9.15 Å². The number of aromatic nitrogens is 1. The van der Waals surface area contributed by atoms with Gasteiger partial charge in [-0.15, -0.1) is 0 Å². The number of aliphatic hydroxyl groups is 1. The van der Waals surface area contributed by atoms with E-state index in [9.17, 15) is 9.90 Å². The Morgan fingerprint density at radius 3 is 3.11 bits per heavy atom. The molecule has 2 heterocycles. The summed E-state index contributed by atoms with van der Waals surface area (Å²) >= 11 is 0. The molecular formula is C13H18N2O4. The third-order valence-electron chi connectivity index (χ3n) is 4.10. The van der Waals surface area contributed by atoms with Crippen molar-refractivity contribution in [3.63, 3.8) is 0 Å². The number of hydrogen-bond donors (Lipinski definition) is 1. The van der Waals surface area contributed by atoms with Crippen LogP contribution in [-0.4, -0.2) is 52.8 Å². The smallest absolute Gasteiger partial charge is 0.276 e. The van der Waals surface area contributed by atoms with E-state index in [1.807, 2.05) is 4.90 Å². The van der Waals surface area contributed by atoms with E-state index >= 15 is 0 Å². The normalized spacial score (nSPS) is 30.4. The van der Waals surface area contributed by atoms with Gasteiger partial charge in [0.05, 0.1) is 18.8 Å². The maximum absolute atomic E-state index is 12.5. The predicted molar refractivity (Wildman–Crippen MR) is 65.6 cm³/mol. The lowest BCUT2D eigenvalue weighted by Crippen LogP contribution is -2.51. The van der Waals surface area contributed by atoms with Crippen molar-refractivity contribution in [1.29, 1.82) is 0 Å². The molecule has 2 fully saturated rings. The minimum Gasteiger partial charge on any atom is -0.448 e. The van der Waals surface area contributed by atoms with Crippen molar-refractivity contribution < 1.29 is 19.1 Å². The summed E-state index contributed by atoms with van der Waals surface area (Å²) < 4.78 is 10.8. The molecule has 0 aromatic carbocycles. The van der Waals surface area contributed by atoms with Crippen molar-refractivity contribution in [3.8, 4) is 0 Å². The molecule has 1 saturated heterocycles. The maximum Gasteiger partial charge on any atom is 0.276 e. The van der Waals surface area contributed by atoms with E-state index in [0.717, 1.165) is 12.8 Å². The van der Waals surface area contributed by atoms with Gasteiger partial charge in [0.25, 0.3) is 5.91 Å². The molecule has 3 rings (SSSR count). The number of fused-ring (bicyclic) bond motifs is 1. The third kappa shape index (κ3) is 2.15. The molecule has 1 aromatic rings. The number of amides is 1. The van der Waals surface area contributed by atoms with Crippen LogP contribution in [0.1, 0.15) is 29.1 Å². The van der Waals surface area contributed by atoms with Crippen LogP contribution in [0.15, 0.2) is 10.8 Å².